The Bertz CT molecular complexity index is 862. The molecule has 0 radical (unpaired) electrons. The third-order valence-electron chi connectivity index (χ3n) is 5.11. The van der Waals surface area contributed by atoms with E-state index in [9.17, 15) is 0 Å². The minimum Gasteiger partial charge on any atom is -0.353 e. The van der Waals surface area contributed by atoms with Crippen molar-refractivity contribution in [2.45, 2.75) is 13.5 Å². The van der Waals surface area contributed by atoms with Crippen LogP contribution < -0.4 is 9.80 Å². The molecule has 0 N–H and O–H groups in total. The Hall–Kier alpha value is -2.99. The summed E-state index contributed by atoms with van der Waals surface area (Å²) in [5.41, 5.74) is 2.44. The molecule has 1 aliphatic heterocycles. The molecule has 2 heterocycles. The van der Waals surface area contributed by atoms with E-state index in [1.807, 2.05) is 18.2 Å². The van der Waals surface area contributed by atoms with Gasteiger partial charge in [0.1, 0.15) is 0 Å². The van der Waals surface area contributed by atoms with Gasteiger partial charge >= 0.3 is 0 Å². The highest BCUT2D eigenvalue weighted by atomic mass is 15.4. The van der Waals surface area contributed by atoms with E-state index in [1.54, 1.807) is 6.20 Å². The van der Waals surface area contributed by atoms with Crippen molar-refractivity contribution in [1.82, 2.24) is 20.1 Å². The van der Waals surface area contributed by atoms with Gasteiger partial charge in [0, 0.05) is 45.0 Å². The van der Waals surface area contributed by atoms with Gasteiger partial charge in [-0.15, -0.1) is 5.10 Å². The van der Waals surface area contributed by atoms with Crippen molar-refractivity contribution in [1.29, 1.82) is 0 Å². The second-order valence-corrected chi connectivity index (χ2v) is 6.94. The molecule has 0 saturated carbocycles. The number of nitrogens with zero attached hydrogens (tertiary/aromatic N) is 6. The second-order valence-electron chi connectivity index (χ2n) is 6.94. The molecule has 1 fully saturated rings. The van der Waals surface area contributed by atoms with Crippen LogP contribution >= 0.6 is 0 Å². The monoisotopic (exact) mass is 374 g/mol. The van der Waals surface area contributed by atoms with Gasteiger partial charge in [0.2, 0.25) is 0 Å². The highest BCUT2D eigenvalue weighted by molar-refractivity contribution is 5.57. The van der Waals surface area contributed by atoms with E-state index < -0.39 is 0 Å². The number of anilines is 3. The lowest BCUT2D eigenvalue weighted by atomic mass is 10.2. The summed E-state index contributed by atoms with van der Waals surface area (Å²) >= 11 is 0. The van der Waals surface area contributed by atoms with Crippen LogP contribution in [0.4, 0.5) is 17.5 Å². The Labute approximate surface area is 166 Å². The number of benzene rings is 2. The lowest BCUT2D eigenvalue weighted by Gasteiger charge is -2.35. The molecule has 0 bridgehead atoms. The maximum Gasteiger partial charge on any atom is 0.251 e. The van der Waals surface area contributed by atoms with Crippen molar-refractivity contribution < 1.29 is 0 Å². The minimum absolute atomic E-state index is 0.651. The fourth-order valence-corrected chi connectivity index (χ4v) is 3.58. The van der Waals surface area contributed by atoms with E-state index in [1.165, 1.54) is 5.56 Å². The molecular weight excluding hydrogens is 348 g/mol. The summed E-state index contributed by atoms with van der Waals surface area (Å²) < 4.78 is 0. The first-order valence-electron chi connectivity index (χ1n) is 9.87. The maximum atomic E-state index is 4.81. The van der Waals surface area contributed by atoms with Crippen molar-refractivity contribution >= 4 is 17.5 Å². The lowest BCUT2D eigenvalue weighted by Crippen LogP contribution is -2.46. The maximum absolute atomic E-state index is 4.81. The predicted molar refractivity (Wildman–Crippen MR) is 113 cm³/mol. The van der Waals surface area contributed by atoms with Gasteiger partial charge in [-0.1, -0.05) is 48.5 Å². The van der Waals surface area contributed by atoms with Crippen LogP contribution in [-0.4, -0.2) is 52.8 Å². The zero-order valence-electron chi connectivity index (χ0n) is 16.3. The van der Waals surface area contributed by atoms with Gasteiger partial charge in [0.15, 0.2) is 5.82 Å². The number of piperazine rings is 1. The first-order chi connectivity index (χ1) is 13.8. The summed E-state index contributed by atoms with van der Waals surface area (Å²) in [6, 6.07) is 20.9. The molecule has 3 aromatic rings. The number of aromatic nitrogens is 3. The van der Waals surface area contributed by atoms with Gasteiger partial charge in [-0.05, 0) is 24.6 Å². The molecule has 4 rings (SSSR count). The fraction of sp³-hybridized carbons (Fsp3) is 0.318. The lowest BCUT2D eigenvalue weighted by molar-refractivity contribution is 0.249. The fourth-order valence-electron chi connectivity index (χ4n) is 3.58. The molecule has 0 amide bonds. The van der Waals surface area contributed by atoms with E-state index in [4.69, 9.17) is 4.98 Å². The van der Waals surface area contributed by atoms with E-state index in [2.05, 4.69) is 74.3 Å². The number of para-hydroxylation sites is 1. The normalized spacial score (nSPS) is 14.8. The third-order valence-corrected chi connectivity index (χ3v) is 5.11. The van der Waals surface area contributed by atoms with Crippen LogP contribution in [0.1, 0.15) is 12.5 Å². The summed E-state index contributed by atoms with van der Waals surface area (Å²) in [7, 11) is 0. The van der Waals surface area contributed by atoms with Crippen molar-refractivity contribution in [3.05, 3.63) is 72.4 Å². The van der Waals surface area contributed by atoms with Gasteiger partial charge in [0.05, 0.1) is 6.20 Å². The molecule has 144 valence electrons. The van der Waals surface area contributed by atoms with E-state index in [-0.39, 0.29) is 0 Å². The average molecular weight is 374 g/mol. The van der Waals surface area contributed by atoms with Gasteiger partial charge < -0.3 is 9.80 Å². The standard InChI is InChI=1S/C22H26N6/c1-2-28(20-11-7-4-8-12-20)22-24-21(17-23-25-22)27-15-13-26(14-16-27)18-19-9-5-3-6-10-19/h3-12,17H,2,13-16,18H2,1H3. The quantitative estimate of drug-likeness (QED) is 0.659. The molecule has 1 aromatic heterocycles. The topological polar surface area (TPSA) is 48.4 Å². The van der Waals surface area contributed by atoms with Gasteiger partial charge in [0.25, 0.3) is 5.95 Å². The number of hydrogen-bond donors (Lipinski definition) is 0. The SMILES string of the molecule is CCN(c1ccccc1)c1nncc(N2CCN(Cc3ccccc3)CC2)n1. The smallest absolute Gasteiger partial charge is 0.251 e. The van der Waals surface area contributed by atoms with Crippen LogP contribution in [-0.2, 0) is 6.54 Å². The van der Waals surface area contributed by atoms with Crippen LogP contribution in [0.15, 0.2) is 66.9 Å². The van der Waals surface area contributed by atoms with E-state index in [0.29, 0.717) is 5.95 Å². The summed E-state index contributed by atoms with van der Waals surface area (Å²) in [5.74, 6) is 1.55. The Morgan fingerprint density at radius 3 is 2.25 bits per heavy atom. The molecule has 28 heavy (non-hydrogen) atoms. The average Bonchev–Trinajstić information content (AvgIpc) is 2.77. The van der Waals surface area contributed by atoms with Crippen molar-refractivity contribution in [3.8, 4) is 0 Å². The van der Waals surface area contributed by atoms with Crippen LogP contribution in [0.2, 0.25) is 0 Å². The predicted octanol–water partition coefficient (Wildman–Crippen LogP) is 3.35. The second kappa shape index (κ2) is 8.80. The third kappa shape index (κ3) is 4.28. The summed E-state index contributed by atoms with van der Waals surface area (Å²) in [4.78, 5) is 11.7. The summed E-state index contributed by atoms with van der Waals surface area (Å²) in [6.45, 7) is 7.82. The molecule has 1 saturated heterocycles. The summed E-state index contributed by atoms with van der Waals surface area (Å²) in [5, 5.41) is 8.51. The Morgan fingerprint density at radius 1 is 0.893 bits per heavy atom. The van der Waals surface area contributed by atoms with Crippen LogP contribution in [0.5, 0.6) is 0 Å². The molecule has 1 aliphatic rings. The molecular formula is C22H26N6. The molecule has 0 atom stereocenters. The molecule has 6 nitrogen and oxygen atoms in total. The van der Waals surface area contributed by atoms with Gasteiger partial charge in [-0.2, -0.15) is 10.1 Å². The zero-order chi connectivity index (χ0) is 19.2. The first-order valence-corrected chi connectivity index (χ1v) is 9.87. The van der Waals surface area contributed by atoms with E-state index >= 15 is 0 Å². The molecule has 6 heteroatoms. The Kier molecular flexibility index (Phi) is 5.77. The zero-order valence-corrected chi connectivity index (χ0v) is 16.3. The Balaban J connectivity index is 1.42. The van der Waals surface area contributed by atoms with E-state index in [0.717, 1.165) is 50.8 Å². The molecule has 0 spiro atoms. The van der Waals surface area contributed by atoms with Crippen LogP contribution in [0.3, 0.4) is 0 Å². The highest BCUT2D eigenvalue weighted by Gasteiger charge is 2.20. The van der Waals surface area contributed by atoms with Gasteiger partial charge in [-0.3, -0.25) is 4.90 Å². The highest BCUT2D eigenvalue weighted by Crippen LogP contribution is 2.23. The molecule has 2 aromatic carbocycles. The minimum atomic E-state index is 0.651. The first kappa shape index (κ1) is 18.4. The van der Waals surface area contributed by atoms with Gasteiger partial charge in [-0.25, -0.2) is 0 Å². The van der Waals surface area contributed by atoms with Crippen LogP contribution in [0, 0.1) is 0 Å². The molecule has 0 aliphatic carbocycles. The summed E-state index contributed by atoms with van der Waals surface area (Å²) in [6.07, 6.45) is 1.77. The van der Waals surface area contributed by atoms with Crippen LogP contribution in [0.25, 0.3) is 0 Å². The molecule has 0 unspecified atom stereocenters. The van der Waals surface area contributed by atoms with Crippen molar-refractivity contribution in [3.63, 3.8) is 0 Å². The number of hydrogen-bond acceptors (Lipinski definition) is 6. The van der Waals surface area contributed by atoms with Crippen molar-refractivity contribution in [2.24, 2.45) is 0 Å². The number of rotatable bonds is 6. The van der Waals surface area contributed by atoms with Crippen molar-refractivity contribution in [2.75, 3.05) is 42.5 Å². The Morgan fingerprint density at radius 2 is 1.57 bits per heavy atom. The largest absolute Gasteiger partial charge is 0.353 e.